The van der Waals surface area contributed by atoms with Crippen molar-refractivity contribution in [3.05, 3.63) is 61.2 Å². The standard InChI is InChI=1S/C21H22N2O9/c1-9-16(19(27)14-3-4-15(32-14)23(29)30)20(28)18-12(25)7-11(24)17(21(18)31-9)10-5-6-22(2)8-13(10)26/h3-4,7,10,13,19,24-27H,5-6,8H2,1-2H3. The molecule has 170 valence electrons. The zero-order chi connectivity index (χ0) is 23.3. The van der Waals surface area contributed by atoms with Crippen LogP contribution in [0.4, 0.5) is 5.88 Å². The zero-order valence-corrected chi connectivity index (χ0v) is 17.3. The first-order chi connectivity index (χ1) is 15.1. The van der Waals surface area contributed by atoms with Crippen molar-refractivity contribution in [3.63, 3.8) is 0 Å². The molecule has 1 fully saturated rings. The first-order valence-corrected chi connectivity index (χ1v) is 9.91. The molecule has 32 heavy (non-hydrogen) atoms. The molecule has 3 heterocycles. The van der Waals surface area contributed by atoms with E-state index in [1.165, 1.54) is 13.0 Å². The SMILES string of the molecule is Cc1oc2c(C3CCN(C)CC3O)c(O)cc(O)c2c(=O)c1C(O)c1ccc([N+](=O)[O-])o1. The van der Waals surface area contributed by atoms with Gasteiger partial charge in [0.05, 0.1) is 17.7 Å². The highest BCUT2D eigenvalue weighted by Gasteiger charge is 2.34. The lowest BCUT2D eigenvalue weighted by molar-refractivity contribution is -0.402. The summed E-state index contributed by atoms with van der Waals surface area (Å²) in [5.41, 5.74) is -0.928. The first-order valence-electron chi connectivity index (χ1n) is 9.91. The van der Waals surface area contributed by atoms with Gasteiger partial charge in [-0.25, -0.2) is 0 Å². The summed E-state index contributed by atoms with van der Waals surface area (Å²) >= 11 is 0. The molecule has 1 saturated heterocycles. The lowest BCUT2D eigenvalue weighted by atomic mass is 9.85. The van der Waals surface area contributed by atoms with E-state index in [2.05, 4.69) is 0 Å². The molecule has 1 aliphatic heterocycles. The molecule has 11 nitrogen and oxygen atoms in total. The molecule has 0 bridgehead atoms. The van der Waals surface area contributed by atoms with Crippen molar-refractivity contribution in [2.75, 3.05) is 20.1 Å². The van der Waals surface area contributed by atoms with Gasteiger partial charge in [0.15, 0.2) is 0 Å². The second kappa shape index (κ2) is 7.93. The van der Waals surface area contributed by atoms with Crippen molar-refractivity contribution in [2.45, 2.75) is 31.5 Å². The molecule has 0 spiro atoms. The van der Waals surface area contributed by atoms with Gasteiger partial charge in [-0.1, -0.05) is 0 Å². The van der Waals surface area contributed by atoms with Crippen molar-refractivity contribution < 1.29 is 34.2 Å². The van der Waals surface area contributed by atoms with Crippen molar-refractivity contribution in [1.29, 1.82) is 0 Å². The van der Waals surface area contributed by atoms with Gasteiger partial charge in [-0.15, -0.1) is 0 Å². The third-order valence-corrected chi connectivity index (χ3v) is 5.87. The van der Waals surface area contributed by atoms with Crippen LogP contribution >= 0.6 is 0 Å². The molecule has 0 amide bonds. The van der Waals surface area contributed by atoms with Crippen LogP contribution in [0, 0.1) is 17.0 Å². The van der Waals surface area contributed by atoms with Gasteiger partial charge in [0, 0.05) is 24.1 Å². The quantitative estimate of drug-likeness (QED) is 0.342. The molecule has 0 saturated carbocycles. The number of hydrogen-bond donors (Lipinski definition) is 4. The van der Waals surface area contributed by atoms with Gasteiger partial charge in [-0.3, -0.25) is 14.9 Å². The highest BCUT2D eigenvalue weighted by Crippen LogP contribution is 2.42. The predicted octanol–water partition coefficient (Wildman–Crippen LogP) is 1.88. The number of aliphatic hydroxyl groups is 2. The fourth-order valence-corrected chi connectivity index (χ4v) is 4.31. The van der Waals surface area contributed by atoms with Crippen molar-refractivity contribution >= 4 is 16.9 Å². The fraction of sp³-hybridized carbons (Fsp3) is 0.381. The number of hydrogen-bond acceptors (Lipinski definition) is 10. The van der Waals surface area contributed by atoms with Gasteiger partial charge >= 0.3 is 5.88 Å². The fourth-order valence-electron chi connectivity index (χ4n) is 4.31. The van der Waals surface area contributed by atoms with Gasteiger partial charge in [-0.2, -0.15) is 0 Å². The molecule has 0 radical (unpaired) electrons. The van der Waals surface area contributed by atoms with Gasteiger partial charge < -0.3 is 34.2 Å². The minimum Gasteiger partial charge on any atom is -0.507 e. The van der Waals surface area contributed by atoms with Crippen LogP contribution in [0.5, 0.6) is 11.5 Å². The normalized spacial score (nSPS) is 20.5. The third-order valence-electron chi connectivity index (χ3n) is 5.87. The number of likely N-dealkylation sites (tertiary alicyclic amines) is 1. The minimum atomic E-state index is -1.69. The second-order valence-electron chi connectivity index (χ2n) is 7.99. The summed E-state index contributed by atoms with van der Waals surface area (Å²) in [6.45, 7) is 2.40. The number of piperidine rings is 1. The average Bonchev–Trinajstić information content (AvgIpc) is 3.19. The van der Waals surface area contributed by atoms with Crippen molar-refractivity contribution in [2.24, 2.45) is 0 Å². The number of phenols is 2. The Kier molecular flexibility index (Phi) is 5.41. The molecule has 4 rings (SSSR count). The van der Waals surface area contributed by atoms with Crippen LogP contribution in [0.2, 0.25) is 0 Å². The average molecular weight is 446 g/mol. The van der Waals surface area contributed by atoms with Crippen LogP contribution in [0.3, 0.4) is 0 Å². The number of aromatic hydroxyl groups is 2. The Bertz CT molecular complexity index is 1260. The van der Waals surface area contributed by atoms with Crippen LogP contribution in [-0.4, -0.2) is 56.5 Å². The largest absolute Gasteiger partial charge is 0.507 e. The monoisotopic (exact) mass is 446 g/mol. The number of furan rings is 1. The summed E-state index contributed by atoms with van der Waals surface area (Å²) in [4.78, 5) is 25.3. The number of likely N-dealkylation sites (N-methyl/N-ethyl adjacent to an activating group) is 1. The van der Waals surface area contributed by atoms with Gasteiger partial charge in [0.25, 0.3) is 0 Å². The molecule has 4 N–H and O–H groups in total. The van der Waals surface area contributed by atoms with Crippen LogP contribution in [0.15, 0.2) is 31.8 Å². The maximum atomic E-state index is 13.3. The van der Waals surface area contributed by atoms with Gasteiger partial charge in [0.2, 0.25) is 5.43 Å². The molecule has 0 aliphatic carbocycles. The number of aliphatic hydroxyl groups excluding tert-OH is 2. The lowest BCUT2D eigenvalue weighted by Crippen LogP contribution is -2.40. The predicted molar refractivity (Wildman–Crippen MR) is 111 cm³/mol. The van der Waals surface area contributed by atoms with Gasteiger partial charge in [0.1, 0.15) is 45.0 Å². The second-order valence-corrected chi connectivity index (χ2v) is 7.99. The zero-order valence-electron chi connectivity index (χ0n) is 17.3. The summed E-state index contributed by atoms with van der Waals surface area (Å²) in [7, 11) is 1.85. The van der Waals surface area contributed by atoms with Crippen LogP contribution < -0.4 is 5.43 Å². The Morgan fingerprint density at radius 2 is 1.97 bits per heavy atom. The lowest BCUT2D eigenvalue weighted by Gasteiger charge is -2.34. The summed E-state index contributed by atoms with van der Waals surface area (Å²) in [6, 6.07) is 3.22. The Morgan fingerprint density at radius 1 is 1.25 bits per heavy atom. The Morgan fingerprint density at radius 3 is 2.59 bits per heavy atom. The molecule has 3 unspecified atom stereocenters. The van der Waals surface area contributed by atoms with E-state index in [0.29, 0.717) is 19.5 Å². The van der Waals surface area contributed by atoms with Crippen LogP contribution in [0.1, 0.15) is 41.1 Å². The molecular formula is C21H22N2O9. The number of β-amino-alcohol motifs (C(OH)–C–C–N with tert-alkyl or cyclic N) is 1. The van der Waals surface area contributed by atoms with E-state index >= 15 is 0 Å². The molecule has 3 aromatic rings. The van der Waals surface area contributed by atoms with E-state index in [9.17, 15) is 35.3 Å². The number of aryl methyl sites for hydroxylation is 1. The number of benzene rings is 1. The molecule has 2 aromatic heterocycles. The number of phenolic OH excluding ortho intramolecular Hbond substituents is 2. The Balaban J connectivity index is 1.90. The topological polar surface area (TPSA) is 171 Å². The number of nitro groups is 1. The molecule has 11 heteroatoms. The number of rotatable bonds is 4. The number of nitrogens with zero attached hydrogens (tertiary/aromatic N) is 2. The number of fused-ring (bicyclic) bond motifs is 1. The third kappa shape index (κ3) is 3.49. The molecule has 3 atom stereocenters. The van der Waals surface area contributed by atoms with E-state index in [0.717, 1.165) is 12.1 Å². The summed E-state index contributed by atoms with van der Waals surface area (Å²) < 4.78 is 10.8. The van der Waals surface area contributed by atoms with E-state index in [-0.39, 0.29) is 39.4 Å². The maximum Gasteiger partial charge on any atom is 0.433 e. The van der Waals surface area contributed by atoms with E-state index < -0.39 is 40.1 Å². The highest BCUT2D eigenvalue weighted by molar-refractivity contribution is 5.89. The smallest absolute Gasteiger partial charge is 0.433 e. The van der Waals surface area contributed by atoms with Crippen molar-refractivity contribution in [1.82, 2.24) is 4.90 Å². The molecule has 1 aromatic carbocycles. The first kappa shape index (κ1) is 21.8. The summed E-state index contributed by atoms with van der Waals surface area (Å²) in [5.74, 6) is -2.29. The minimum absolute atomic E-state index is 0.0253. The van der Waals surface area contributed by atoms with Crippen molar-refractivity contribution in [3.8, 4) is 11.5 Å². The van der Waals surface area contributed by atoms with Gasteiger partial charge in [-0.05, 0) is 33.0 Å². The summed E-state index contributed by atoms with van der Waals surface area (Å²) in [5, 5.41) is 52.8. The van der Waals surface area contributed by atoms with E-state index in [4.69, 9.17) is 8.83 Å². The van der Waals surface area contributed by atoms with E-state index in [1.54, 1.807) is 0 Å². The maximum absolute atomic E-state index is 13.3. The molecular weight excluding hydrogens is 424 g/mol. The van der Waals surface area contributed by atoms with Crippen LogP contribution in [-0.2, 0) is 0 Å². The Hall–Kier alpha value is -3.41. The van der Waals surface area contributed by atoms with E-state index in [1.807, 2.05) is 11.9 Å². The summed E-state index contributed by atoms with van der Waals surface area (Å²) in [6.07, 6.45) is -2.05. The van der Waals surface area contributed by atoms with Crippen LogP contribution in [0.25, 0.3) is 11.0 Å². The Labute approximate surface area is 180 Å². The highest BCUT2D eigenvalue weighted by atomic mass is 16.6. The molecule has 1 aliphatic rings.